The first-order valence-corrected chi connectivity index (χ1v) is 8.75. The van der Waals surface area contributed by atoms with E-state index in [0.717, 1.165) is 36.9 Å². The van der Waals surface area contributed by atoms with Gasteiger partial charge in [0, 0.05) is 11.4 Å². The van der Waals surface area contributed by atoms with E-state index in [0.29, 0.717) is 16.3 Å². The summed E-state index contributed by atoms with van der Waals surface area (Å²) in [6.07, 6.45) is 4.14. The average Bonchev–Trinajstić information content (AvgIpc) is 2.61. The van der Waals surface area contributed by atoms with E-state index >= 15 is 0 Å². The molecule has 0 unspecified atom stereocenters. The van der Waals surface area contributed by atoms with Crippen molar-refractivity contribution in [3.63, 3.8) is 0 Å². The summed E-state index contributed by atoms with van der Waals surface area (Å²) in [4.78, 5) is 16.6. The fourth-order valence-corrected chi connectivity index (χ4v) is 3.44. The topological polar surface area (TPSA) is 65.8 Å². The molecule has 1 aliphatic carbocycles. The molecule has 122 valence electrons. The zero-order valence-corrected chi connectivity index (χ0v) is 13.8. The number of pyridine rings is 1. The van der Waals surface area contributed by atoms with Gasteiger partial charge in [0.15, 0.2) is 0 Å². The van der Waals surface area contributed by atoms with E-state index < -0.39 is 0 Å². The first-order chi connectivity index (χ1) is 11.7. The van der Waals surface area contributed by atoms with Gasteiger partial charge >= 0.3 is 0 Å². The van der Waals surface area contributed by atoms with Crippen LogP contribution in [-0.4, -0.2) is 16.6 Å². The summed E-state index contributed by atoms with van der Waals surface area (Å²) in [6, 6.07) is 9.68. The Kier molecular flexibility index (Phi) is 5.11. The first kappa shape index (κ1) is 16.5. The lowest BCUT2D eigenvalue weighted by Gasteiger charge is -2.16. The number of nitrogens with zero attached hydrogens (tertiary/aromatic N) is 2. The number of nitriles is 1. The fourth-order valence-electron chi connectivity index (χ4n) is 2.67. The Hall–Kier alpha value is -2.39. The summed E-state index contributed by atoms with van der Waals surface area (Å²) >= 11 is 1.26. The number of benzene rings is 1. The highest BCUT2D eigenvalue weighted by molar-refractivity contribution is 8.00. The zero-order chi connectivity index (χ0) is 16.9. The van der Waals surface area contributed by atoms with E-state index in [1.54, 1.807) is 0 Å². The predicted octanol–water partition coefficient (Wildman–Crippen LogP) is 3.70. The quantitative estimate of drug-likeness (QED) is 0.861. The lowest BCUT2D eigenvalue weighted by atomic mass is 9.95. The molecule has 4 nitrogen and oxygen atoms in total. The van der Waals surface area contributed by atoms with Gasteiger partial charge in [0.25, 0.3) is 0 Å². The Morgan fingerprint density at radius 2 is 2.04 bits per heavy atom. The highest BCUT2D eigenvalue weighted by Gasteiger charge is 2.16. The SMILES string of the molecule is N#Cc1cc2c(nc1SCC(=O)Nc1ccc(F)cc1)CCCC2. The van der Waals surface area contributed by atoms with Crippen molar-refractivity contribution >= 4 is 23.4 Å². The molecule has 0 fully saturated rings. The average molecular weight is 341 g/mol. The van der Waals surface area contributed by atoms with Crippen LogP contribution >= 0.6 is 11.8 Å². The number of carbonyl (C=O) groups is 1. The number of hydrogen-bond donors (Lipinski definition) is 1. The van der Waals surface area contributed by atoms with Gasteiger partial charge in [-0.3, -0.25) is 4.79 Å². The second-order valence-electron chi connectivity index (χ2n) is 5.61. The van der Waals surface area contributed by atoms with E-state index in [1.165, 1.54) is 36.0 Å². The number of hydrogen-bond acceptors (Lipinski definition) is 4. The van der Waals surface area contributed by atoms with Crippen molar-refractivity contribution in [3.8, 4) is 6.07 Å². The van der Waals surface area contributed by atoms with Crippen LogP contribution < -0.4 is 5.32 Å². The number of aryl methyl sites for hydroxylation is 2. The van der Waals surface area contributed by atoms with Gasteiger partial charge < -0.3 is 5.32 Å². The molecule has 1 heterocycles. The number of rotatable bonds is 4. The fraction of sp³-hybridized carbons (Fsp3) is 0.278. The van der Waals surface area contributed by atoms with Crippen LogP contribution in [0, 0.1) is 17.1 Å². The van der Waals surface area contributed by atoms with Gasteiger partial charge in [-0.15, -0.1) is 0 Å². The number of anilines is 1. The maximum atomic E-state index is 12.9. The standard InChI is InChI=1S/C18H16FN3OS/c19-14-5-7-15(8-6-14)21-17(23)11-24-18-13(10-20)9-12-3-1-2-4-16(12)22-18/h5-9H,1-4,11H2,(H,21,23). The second kappa shape index (κ2) is 7.45. The molecule has 0 aliphatic heterocycles. The molecule has 1 amide bonds. The number of amides is 1. The molecule has 1 aromatic carbocycles. The lowest BCUT2D eigenvalue weighted by Crippen LogP contribution is -2.14. The third kappa shape index (κ3) is 3.92. The third-order valence-corrected chi connectivity index (χ3v) is 4.85. The molecule has 1 aromatic heterocycles. The number of aromatic nitrogens is 1. The van der Waals surface area contributed by atoms with Gasteiger partial charge in [0.1, 0.15) is 16.9 Å². The Labute approximate surface area is 144 Å². The van der Waals surface area contributed by atoms with Crippen LogP contribution in [0.4, 0.5) is 10.1 Å². The van der Waals surface area contributed by atoms with Crippen LogP contribution in [0.25, 0.3) is 0 Å². The van der Waals surface area contributed by atoms with E-state index in [2.05, 4.69) is 16.4 Å². The van der Waals surface area contributed by atoms with Crippen LogP contribution in [-0.2, 0) is 17.6 Å². The number of halogens is 1. The largest absolute Gasteiger partial charge is 0.325 e. The molecule has 24 heavy (non-hydrogen) atoms. The van der Waals surface area contributed by atoms with Crippen molar-refractivity contribution in [1.29, 1.82) is 5.26 Å². The molecule has 2 aromatic rings. The summed E-state index contributed by atoms with van der Waals surface area (Å²) in [5, 5.41) is 12.6. The zero-order valence-electron chi connectivity index (χ0n) is 13.0. The van der Waals surface area contributed by atoms with Crippen LogP contribution in [0.15, 0.2) is 35.4 Å². The van der Waals surface area contributed by atoms with Gasteiger partial charge in [-0.2, -0.15) is 5.26 Å². The summed E-state index contributed by atoms with van der Waals surface area (Å²) in [6.45, 7) is 0. The van der Waals surface area contributed by atoms with E-state index in [-0.39, 0.29) is 17.5 Å². The summed E-state index contributed by atoms with van der Waals surface area (Å²) < 4.78 is 12.9. The number of carbonyl (C=O) groups excluding carboxylic acids is 1. The maximum absolute atomic E-state index is 12.9. The predicted molar refractivity (Wildman–Crippen MR) is 91.3 cm³/mol. The Morgan fingerprint density at radius 3 is 2.79 bits per heavy atom. The molecule has 1 aliphatic rings. The molecule has 0 spiro atoms. The van der Waals surface area contributed by atoms with Crippen molar-refractivity contribution < 1.29 is 9.18 Å². The molecule has 6 heteroatoms. The van der Waals surface area contributed by atoms with Gasteiger partial charge in [0.05, 0.1) is 11.3 Å². The maximum Gasteiger partial charge on any atom is 0.234 e. The lowest BCUT2D eigenvalue weighted by molar-refractivity contribution is -0.113. The minimum absolute atomic E-state index is 0.151. The van der Waals surface area contributed by atoms with E-state index in [1.807, 2.05) is 6.07 Å². The Morgan fingerprint density at radius 1 is 1.29 bits per heavy atom. The Bertz CT molecular complexity index is 799. The van der Waals surface area contributed by atoms with Crippen molar-refractivity contribution in [2.75, 3.05) is 11.1 Å². The number of nitrogens with one attached hydrogen (secondary N) is 1. The van der Waals surface area contributed by atoms with E-state index in [4.69, 9.17) is 0 Å². The minimum atomic E-state index is -0.348. The van der Waals surface area contributed by atoms with Gasteiger partial charge in [0.2, 0.25) is 5.91 Å². The van der Waals surface area contributed by atoms with Crippen LogP contribution in [0.5, 0.6) is 0 Å². The highest BCUT2D eigenvalue weighted by atomic mass is 32.2. The second-order valence-corrected chi connectivity index (χ2v) is 6.57. The highest BCUT2D eigenvalue weighted by Crippen LogP contribution is 2.27. The molecule has 0 bridgehead atoms. The van der Waals surface area contributed by atoms with Gasteiger partial charge in [-0.05, 0) is 61.6 Å². The van der Waals surface area contributed by atoms with E-state index in [9.17, 15) is 14.4 Å². The number of thioether (sulfide) groups is 1. The van der Waals surface area contributed by atoms with Crippen LogP contribution in [0.1, 0.15) is 29.7 Å². The molecular formula is C18H16FN3OS. The monoisotopic (exact) mass is 341 g/mol. The van der Waals surface area contributed by atoms with Crippen LogP contribution in [0.3, 0.4) is 0 Å². The Balaban J connectivity index is 1.66. The normalized spacial score (nSPS) is 13.0. The molecular weight excluding hydrogens is 325 g/mol. The van der Waals surface area contributed by atoms with Crippen molar-refractivity contribution in [1.82, 2.24) is 4.98 Å². The number of fused-ring (bicyclic) bond motifs is 1. The summed E-state index contributed by atoms with van der Waals surface area (Å²) in [7, 11) is 0. The molecule has 3 rings (SSSR count). The molecule has 0 atom stereocenters. The minimum Gasteiger partial charge on any atom is -0.325 e. The van der Waals surface area contributed by atoms with Crippen molar-refractivity contribution in [3.05, 3.63) is 53.0 Å². The summed E-state index contributed by atoms with van der Waals surface area (Å²) in [5.41, 5.74) is 3.26. The smallest absolute Gasteiger partial charge is 0.234 e. The molecule has 0 radical (unpaired) electrons. The molecule has 1 N–H and O–H groups in total. The first-order valence-electron chi connectivity index (χ1n) is 7.77. The van der Waals surface area contributed by atoms with Crippen LogP contribution in [0.2, 0.25) is 0 Å². The van der Waals surface area contributed by atoms with Crippen molar-refractivity contribution in [2.45, 2.75) is 30.7 Å². The molecule has 0 saturated heterocycles. The van der Waals surface area contributed by atoms with Crippen molar-refractivity contribution in [2.24, 2.45) is 0 Å². The van der Waals surface area contributed by atoms with Gasteiger partial charge in [-0.1, -0.05) is 11.8 Å². The molecule has 0 saturated carbocycles. The third-order valence-electron chi connectivity index (χ3n) is 3.85. The summed E-state index contributed by atoms with van der Waals surface area (Å²) in [5.74, 6) is -0.410. The van der Waals surface area contributed by atoms with Gasteiger partial charge in [-0.25, -0.2) is 9.37 Å².